The number of carbonyl (C=O) groups is 2. The highest BCUT2D eigenvalue weighted by molar-refractivity contribution is 5.95. The Morgan fingerprint density at radius 3 is 2.52 bits per heavy atom. The van der Waals surface area contributed by atoms with Crippen LogP contribution in [0.5, 0.6) is 0 Å². The molecule has 6 heteroatoms. The second-order valence-electron chi connectivity index (χ2n) is 9.56. The number of fused-ring (bicyclic) bond motifs is 5. The molecular formula is C21H29NO5. The molecule has 4 aliphatic rings. The maximum absolute atomic E-state index is 12.2. The third kappa shape index (κ3) is 2.59. The summed E-state index contributed by atoms with van der Waals surface area (Å²) in [4.78, 5) is 34.9. The molecule has 6 atom stereocenters. The van der Waals surface area contributed by atoms with Gasteiger partial charge in [0, 0.05) is 24.3 Å². The van der Waals surface area contributed by atoms with Crippen LogP contribution < -0.4 is 0 Å². The van der Waals surface area contributed by atoms with Gasteiger partial charge in [-0.1, -0.05) is 13.8 Å². The van der Waals surface area contributed by atoms with Crippen molar-refractivity contribution in [1.29, 1.82) is 0 Å². The summed E-state index contributed by atoms with van der Waals surface area (Å²) in [5.41, 5.74) is 0.476. The molecule has 0 aromatic carbocycles. The van der Waals surface area contributed by atoms with Crippen molar-refractivity contribution in [3.8, 4) is 0 Å². The predicted molar refractivity (Wildman–Crippen MR) is 98.2 cm³/mol. The molecule has 6 nitrogen and oxygen atoms in total. The summed E-state index contributed by atoms with van der Waals surface area (Å²) in [5.74, 6) is 0.891. The number of nitro groups is 1. The number of allylic oxidation sites excluding steroid dienone is 1. The monoisotopic (exact) mass is 375 g/mol. The summed E-state index contributed by atoms with van der Waals surface area (Å²) in [6, 6.07) is 0. The van der Waals surface area contributed by atoms with E-state index >= 15 is 0 Å². The van der Waals surface area contributed by atoms with E-state index in [0.29, 0.717) is 24.2 Å². The molecule has 1 unspecified atom stereocenters. The van der Waals surface area contributed by atoms with Crippen molar-refractivity contribution in [2.45, 2.75) is 78.2 Å². The summed E-state index contributed by atoms with van der Waals surface area (Å²) in [6.07, 6.45) is 6.54. The standard InChI is InChI=1S/C21H29NO5/c1-12(23)27-18-7-6-14-13-4-5-16-19(22(25)26)17(24)9-11-20(16,2)15(13)8-10-21(14,18)3/h13-15,18H,4-11H2,1-3H3/t13-,14-,15+,18?,20+,21-/m0/s1. The molecule has 27 heavy (non-hydrogen) atoms. The van der Waals surface area contributed by atoms with Gasteiger partial charge in [-0.05, 0) is 68.1 Å². The van der Waals surface area contributed by atoms with E-state index in [9.17, 15) is 19.7 Å². The van der Waals surface area contributed by atoms with Crippen molar-refractivity contribution in [2.75, 3.05) is 0 Å². The molecule has 0 N–H and O–H groups in total. The maximum Gasteiger partial charge on any atom is 0.311 e. The van der Waals surface area contributed by atoms with E-state index in [2.05, 4.69) is 13.8 Å². The van der Waals surface area contributed by atoms with Crippen molar-refractivity contribution < 1.29 is 19.2 Å². The number of Topliss-reactive ketones (excluding diaryl/α,β-unsaturated/α-hetero) is 1. The van der Waals surface area contributed by atoms with Gasteiger partial charge in [-0.15, -0.1) is 0 Å². The average molecular weight is 375 g/mol. The van der Waals surface area contributed by atoms with Crippen molar-refractivity contribution >= 4 is 11.8 Å². The van der Waals surface area contributed by atoms with Gasteiger partial charge in [0.05, 0.1) is 4.92 Å². The Hall–Kier alpha value is -1.72. The van der Waals surface area contributed by atoms with Crippen LogP contribution in [0.3, 0.4) is 0 Å². The molecule has 3 fully saturated rings. The number of ketones is 1. The minimum atomic E-state index is -0.436. The largest absolute Gasteiger partial charge is 0.462 e. The summed E-state index contributed by atoms with van der Waals surface area (Å²) in [7, 11) is 0. The fourth-order valence-corrected chi connectivity index (χ4v) is 7.24. The number of esters is 1. The molecule has 0 bridgehead atoms. The molecular weight excluding hydrogens is 346 g/mol. The zero-order valence-corrected chi connectivity index (χ0v) is 16.5. The molecule has 0 aromatic heterocycles. The van der Waals surface area contributed by atoms with Gasteiger partial charge in [0.15, 0.2) is 0 Å². The Balaban J connectivity index is 1.68. The van der Waals surface area contributed by atoms with Crippen LogP contribution in [0.15, 0.2) is 11.3 Å². The molecule has 3 saturated carbocycles. The van der Waals surface area contributed by atoms with Gasteiger partial charge < -0.3 is 4.74 Å². The number of ether oxygens (including phenoxy) is 1. The van der Waals surface area contributed by atoms with Crippen LogP contribution in [0.4, 0.5) is 0 Å². The quantitative estimate of drug-likeness (QED) is 0.413. The molecule has 0 spiro atoms. The number of carbonyl (C=O) groups excluding carboxylic acids is 2. The van der Waals surface area contributed by atoms with Crippen LogP contribution >= 0.6 is 0 Å². The first kappa shape index (κ1) is 18.6. The molecule has 4 rings (SSSR count). The number of hydrogen-bond donors (Lipinski definition) is 0. The summed E-state index contributed by atoms with van der Waals surface area (Å²) < 4.78 is 5.68. The zero-order valence-electron chi connectivity index (χ0n) is 16.5. The van der Waals surface area contributed by atoms with E-state index < -0.39 is 4.92 Å². The van der Waals surface area contributed by atoms with Crippen LogP contribution in [-0.2, 0) is 14.3 Å². The topological polar surface area (TPSA) is 86.5 Å². The summed E-state index contributed by atoms with van der Waals surface area (Å²) in [5, 5.41) is 11.6. The highest BCUT2D eigenvalue weighted by Crippen LogP contribution is 2.66. The lowest BCUT2D eigenvalue weighted by Gasteiger charge is -2.57. The Bertz CT molecular complexity index is 743. The lowest BCUT2D eigenvalue weighted by Crippen LogP contribution is -2.52. The lowest BCUT2D eigenvalue weighted by molar-refractivity contribution is -0.422. The van der Waals surface area contributed by atoms with Crippen LogP contribution in [0.25, 0.3) is 0 Å². The van der Waals surface area contributed by atoms with E-state index in [-0.39, 0.29) is 40.8 Å². The summed E-state index contributed by atoms with van der Waals surface area (Å²) in [6.45, 7) is 5.92. The van der Waals surface area contributed by atoms with Gasteiger partial charge in [0.1, 0.15) is 6.10 Å². The minimum Gasteiger partial charge on any atom is -0.462 e. The second kappa shape index (κ2) is 6.14. The highest BCUT2D eigenvalue weighted by atomic mass is 16.6. The van der Waals surface area contributed by atoms with Gasteiger partial charge >= 0.3 is 11.7 Å². The molecule has 0 radical (unpaired) electrons. The van der Waals surface area contributed by atoms with E-state index in [4.69, 9.17) is 4.74 Å². The smallest absolute Gasteiger partial charge is 0.311 e. The Kier molecular flexibility index (Phi) is 4.24. The average Bonchev–Trinajstić information content (AvgIpc) is 2.91. The van der Waals surface area contributed by atoms with E-state index in [0.717, 1.165) is 44.1 Å². The third-order valence-electron chi connectivity index (χ3n) is 8.50. The Morgan fingerprint density at radius 1 is 1.11 bits per heavy atom. The lowest BCUT2D eigenvalue weighted by atomic mass is 9.47. The molecule has 0 saturated heterocycles. The molecule has 0 aromatic rings. The van der Waals surface area contributed by atoms with Crippen molar-refractivity contribution in [2.24, 2.45) is 28.6 Å². The maximum atomic E-state index is 12.2. The van der Waals surface area contributed by atoms with Crippen LogP contribution in [0, 0.1) is 38.7 Å². The molecule has 148 valence electrons. The van der Waals surface area contributed by atoms with Gasteiger partial charge in [-0.25, -0.2) is 0 Å². The molecule has 0 heterocycles. The van der Waals surface area contributed by atoms with Crippen molar-refractivity contribution in [1.82, 2.24) is 0 Å². The van der Waals surface area contributed by atoms with Crippen LogP contribution in [0.2, 0.25) is 0 Å². The van der Waals surface area contributed by atoms with Gasteiger partial charge in [0.2, 0.25) is 5.78 Å². The minimum absolute atomic E-state index is 0.00651. The fourth-order valence-electron chi connectivity index (χ4n) is 7.24. The molecule has 4 aliphatic carbocycles. The molecule has 0 aliphatic heterocycles. The zero-order chi connectivity index (χ0) is 19.6. The Labute approximate surface area is 159 Å². The van der Waals surface area contributed by atoms with Gasteiger partial charge in [-0.2, -0.15) is 0 Å². The first-order valence-corrected chi connectivity index (χ1v) is 10.3. The normalized spacial score (nSPS) is 43.6. The first-order valence-electron chi connectivity index (χ1n) is 10.3. The SMILES string of the molecule is CC(=O)OC1CC[C@H]2[C@@H]3CCC4=C([N+](=O)[O-])C(=O)CC[C@]4(C)[C@@H]3CC[C@]12C. The van der Waals surface area contributed by atoms with Crippen LogP contribution in [0.1, 0.15) is 72.1 Å². The van der Waals surface area contributed by atoms with Crippen molar-refractivity contribution in [3.05, 3.63) is 21.4 Å². The fraction of sp³-hybridized carbons (Fsp3) is 0.810. The third-order valence-corrected chi connectivity index (χ3v) is 8.50. The highest BCUT2D eigenvalue weighted by Gasteiger charge is 2.61. The number of rotatable bonds is 2. The van der Waals surface area contributed by atoms with E-state index in [1.54, 1.807) is 0 Å². The van der Waals surface area contributed by atoms with E-state index in [1.165, 1.54) is 6.92 Å². The summed E-state index contributed by atoms with van der Waals surface area (Å²) >= 11 is 0. The molecule has 0 amide bonds. The van der Waals surface area contributed by atoms with Gasteiger partial charge in [-0.3, -0.25) is 19.7 Å². The van der Waals surface area contributed by atoms with Crippen molar-refractivity contribution in [3.63, 3.8) is 0 Å². The number of nitrogens with zero attached hydrogens (tertiary/aromatic N) is 1. The van der Waals surface area contributed by atoms with Crippen LogP contribution in [-0.4, -0.2) is 22.8 Å². The van der Waals surface area contributed by atoms with E-state index in [1.807, 2.05) is 0 Å². The van der Waals surface area contributed by atoms with Gasteiger partial charge in [0.25, 0.3) is 0 Å². The first-order chi connectivity index (χ1) is 12.7. The predicted octanol–water partition coefficient (Wildman–Crippen LogP) is 4.05. The Morgan fingerprint density at radius 2 is 1.85 bits per heavy atom. The number of hydrogen-bond acceptors (Lipinski definition) is 5. The second-order valence-corrected chi connectivity index (χ2v) is 9.56.